The Labute approximate surface area is 129 Å². The lowest BCUT2D eigenvalue weighted by Gasteiger charge is -2.15. The number of phenolic OH excluding ortho intramolecular Hbond substituents is 1. The number of hydrogen-bond acceptors (Lipinski definition) is 5. The molecule has 0 aliphatic carbocycles. The smallest absolute Gasteiger partial charge is 0.116 e. The average molecular weight is 297 g/mol. The van der Waals surface area contributed by atoms with Crippen LogP contribution in [0.3, 0.4) is 0 Å². The van der Waals surface area contributed by atoms with Crippen LogP contribution in [-0.2, 0) is 4.74 Å². The fourth-order valence-electron chi connectivity index (χ4n) is 2.31. The Morgan fingerprint density at radius 2 is 2.14 bits per heavy atom. The van der Waals surface area contributed by atoms with Crippen molar-refractivity contribution in [3.8, 4) is 5.75 Å². The Hall–Kier alpha value is -2.53. The van der Waals surface area contributed by atoms with Crippen LogP contribution < -0.4 is 5.43 Å². The van der Waals surface area contributed by atoms with Crippen LogP contribution in [0.4, 0.5) is 0 Å². The number of hydrazine groups is 1. The molecule has 0 radical (unpaired) electrons. The number of likely N-dealkylation sites (N-methyl/N-ethyl adjacent to an activating group) is 1. The Balaban J connectivity index is 2.02. The van der Waals surface area contributed by atoms with Crippen molar-refractivity contribution in [2.75, 3.05) is 20.2 Å². The van der Waals surface area contributed by atoms with Crippen LogP contribution in [0.2, 0.25) is 0 Å². The van der Waals surface area contributed by atoms with Crippen LogP contribution in [0.1, 0.15) is 12.6 Å². The molecule has 3 rings (SSSR count). The zero-order valence-electron chi connectivity index (χ0n) is 12.7. The highest BCUT2D eigenvalue weighted by molar-refractivity contribution is 5.83. The number of ether oxygens (including phenoxy) is 1. The van der Waals surface area contributed by atoms with Crippen LogP contribution in [0.5, 0.6) is 5.75 Å². The van der Waals surface area contributed by atoms with E-state index in [2.05, 4.69) is 10.4 Å². The lowest BCUT2D eigenvalue weighted by Crippen LogP contribution is -2.32. The molecule has 0 saturated carbocycles. The molecule has 2 heterocycles. The van der Waals surface area contributed by atoms with E-state index in [1.54, 1.807) is 12.1 Å². The third kappa shape index (κ3) is 3.20. The van der Waals surface area contributed by atoms with E-state index in [0.717, 1.165) is 34.5 Å². The van der Waals surface area contributed by atoms with Gasteiger partial charge in [-0.1, -0.05) is 6.07 Å². The normalized spacial score (nSPS) is 21.4. The second-order valence-electron chi connectivity index (χ2n) is 5.33. The van der Waals surface area contributed by atoms with Gasteiger partial charge >= 0.3 is 0 Å². The largest absolute Gasteiger partial charge is 0.508 e. The predicted octanol–water partition coefficient (Wildman–Crippen LogP) is 2.65. The third-order valence-corrected chi connectivity index (χ3v) is 3.52. The van der Waals surface area contributed by atoms with Crippen molar-refractivity contribution >= 4 is 16.5 Å². The average Bonchev–Trinajstić information content (AvgIpc) is 2.58. The molecule has 0 amide bonds. The Morgan fingerprint density at radius 3 is 3.00 bits per heavy atom. The molecule has 0 spiro atoms. The molecule has 22 heavy (non-hydrogen) atoms. The number of pyridine rings is 1. The number of nitrogens with one attached hydrogen (secondary N) is 1. The van der Waals surface area contributed by atoms with E-state index < -0.39 is 0 Å². The SMILES string of the molecule is C/C1=C\C(c2ccc3cc(O)ccc3n2)=C/NN(C)CCO1. The molecule has 0 unspecified atom stereocenters. The summed E-state index contributed by atoms with van der Waals surface area (Å²) in [7, 11) is 1.97. The summed E-state index contributed by atoms with van der Waals surface area (Å²) in [6.07, 6.45) is 3.90. The number of nitrogens with zero attached hydrogens (tertiary/aromatic N) is 2. The van der Waals surface area contributed by atoms with Crippen LogP contribution >= 0.6 is 0 Å². The highest BCUT2D eigenvalue weighted by Crippen LogP contribution is 2.22. The second-order valence-corrected chi connectivity index (χ2v) is 5.33. The Kier molecular flexibility index (Phi) is 3.98. The van der Waals surface area contributed by atoms with Crippen molar-refractivity contribution in [3.63, 3.8) is 0 Å². The molecule has 1 aromatic carbocycles. The molecule has 2 N–H and O–H groups in total. The fourth-order valence-corrected chi connectivity index (χ4v) is 2.31. The van der Waals surface area contributed by atoms with Crippen molar-refractivity contribution in [3.05, 3.63) is 54.1 Å². The predicted molar refractivity (Wildman–Crippen MR) is 86.9 cm³/mol. The van der Waals surface area contributed by atoms with E-state index >= 15 is 0 Å². The van der Waals surface area contributed by atoms with E-state index in [1.807, 2.05) is 49.5 Å². The first-order chi connectivity index (χ1) is 10.6. The summed E-state index contributed by atoms with van der Waals surface area (Å²) in [5.41, 5.74) is 5.86. The number of phenols is 1. The minimum atomic E-state index is 0.246. The number of hydrogen-bond donors (Lipinski definition) is 2. The molecule has 0 saturated heterocycles. The van der Waals surface area contributed by atoms with Crippen LogP contribution in [0.25, 0.3) is 16.5 Å². The lowest BCUT2D eigenvalue weighted by molar-refractivity contribution is 0.158. The van der Waals surface area contributed by atoms with Gasteiger partial charge in [-0.25, -0.2) is 9.99 Å². The first kappa shape index (κ1) is 14.4. The third-order valence-electron chi connectivity index (χ3n) is 3.52. The van der Waals surface area contributed by atoms with Crippen LogP contribution in [-0.4, -0.2) is 35.3 Å². The van der Waals surface area contributed by atoms with Gasteiger partial charge in [-0.2, -0.15) is 0 Å². The summed E-state index contributed by atoms with van der Waals surface area (Å²) in [5, 5.41) is 12.4. The number of aromatic nitrogens is 1. The molecule has 0 bridgehead atoms. The van der Waals surface area contributed by atoms with Crippen molar-refractivity contribution in [1.82, 2.24) is 15.4 Å². The summed E-state index contributed by atoms with van der Waals surface area (Å²) in [4.78, 5) is 4.66. The van der Waals surface area contributed by atoms with E-state index in [-0.39, 0.29) is 5.75 Å². The molecule has 5 heteroatoms. The summed E-state index contributed by atoms with van der Waals surface area (Å²) in [5.74, 6) is 1.10. The van der Waals surface area contributed by atoms with Crippen LogP contribution in [0, 0.1) is 0 Å². The highest BCUT2D eigenvalue weighted by Gasteiger charge is 2.07. The van der Waals surface area contributed by atoms with Gasteiger partial charge in [0, 0.05) is 24.2 Å². The van der Waals surface area contributed by atoms with Crippen molar-refractivity contribution in [2.45, 2.75) is 6.92 Å². The number of allylic oxidation sites excluding steroid dienone is 3. The van der Waals surface area contributed by atoms with Gasteiger partial charge in [0.25, 0.3) is 0 Å². The molecule has 0 atom stereocenters. The van der Waals surface area contributed by atoms with Gasteiger partial charge in [0.15, 0.2) is 0 Å². The quantitative estimate of drug-likeness (QED) is 0.847. The number of rotatable bonds is 1. The van der Waals surface area contributed by atoms with Gasteiger partial charge < -0.3 is 15.3 Å². The zero-order valence-corrected chi connectivity index (χ0v) is 12.7. The molecule has 1 aromatic heterocycles. The Bertz CT molecular complexity index is 753. The van der Waals surface area contributed by atoms with Crippen molar-refractivity contribution in [1.29, 1.82) is 0 Å². The van der Waals surface area contributed by atoms with Crippen molar-refractivity contribution in [2.24, 2.45) is 0 Å². The zero-order chi connectivity index (χ0) is 15.5. The van der Waals surface area contributed by atoms with Gasteiger partial charge in [-0.15, -0.1) is 0 Å². The maximum Gasteiger partial charge on any atom is 0.116 e. The monoisotopic (exact) mass is 297 g/mol. The Morgan fingerprint density at radius 1 is 1.27 bits per heavy atom. The fraction of sp³-hybridized carbons (Fsp3) is 0.235. The molecular weight excluding hydrogens is 278 g/mol. The van der Waals surface area contributed by atoms with E-state index in [9.17, 15) is 5.11 Å². The van der Waals surface area contributed by atoms with Crippen molar-refractivity contribution < 1.29 is 9.84 Å². The van der Waals surface area contributed by atoms with Gasteiger partial charge in [-0.05, 0) is 37.3 Å². The highest BCUT2D eigenvalue weighted by atomic mass is 16.5. The molecule has 1 aliphatic rings. The van der Waals surface area contributed by atoms with Crippen LogP contribution in [0.15, 0.2) is 48.4 Å². The first-order valence-electron chi connectivity index (χ1n) is 7.20. The summed E-state index contributed by atoms with van der Waals surface area (Å²) < 4.78 is 5.67. The molecule has 5 nitrogen and oxygen atoms in total. The molecular formula is C17H19N3O2. The van der Waals surface area contributed by atoms with E-state index in [1.165, 1.54) is 0 Å². The maximum absolute atomic E-state index is 9.53. The summed E-state index contributed by atoms with van der Waals surface area (Å²) in [6, 6.07) is 9.07. The summed E-state index contributed by atoms with van der Waals surface area (Å²) in [6.45, 7) is 3.37. The topological polar surface area (TPSA) is 57.6 Å². The molecule has 1 aliphatic heterocycles. The van der Waals surface area contributed by atoms with Gasteiger partial charge in [-0.3, -0.25) is 0 Å². The standard InChI is InChI=1S/C17H19N3O2/c1-12-9-14(11-18-20(2)7-8-22-12)17-5-3-13-10-15(21)4-6-16(13)19-17/h3-6,9-11,18,21H,7-8H2,1-2H3/b12-9+,14-11+. The maximum atomic E-state index is 9.53. The van der Waals surface area contributed by atoms with Gasteiger partial charge in [0.05, 0.1) is 23.5 Å². The molecule has 114 valence electrons. The van der Waals surface area contributed by atoms with Gasteiger partial charge in [0.1, 0.15) is 12.4 Å². The molecule has 2 aromatic rings. The lowest BCUT2D eigenvalue weighted by atomic mass is 10.1. The minimum Gasteiger partial charge on any atom is -0.508 e. The number of aromatic hydroxyl groups is 1. The number of benzene rings is 1. The summed E-state index contributed by atoms with van der Waals surface area (Å²) >= 11 is 0. The van der Waals surface area contributed by atoms with Gasteiger partial charge in [0.2, 0.25) is 0 Å². The number of fused-ring (bicyclic) bond motifs is 1. The van der Waals surface area contributed by atoms with E-state index in [0.29, 0.717) is 6.61 Å². The second kappa shape index (κ2) is 6.07. The minimum absolute atomic E-state index is 0.246. The first-order valence-corrected chi connectivity index (χ1v) is 7.20. The molecule has 0 fully saturated rings. The van der Waals surface area contributed by atoms with E-state index in [4.69, 9.17) is 4.74 Å².